The van der Waals surface area contributed by atoms with E-state index >= 15 is 0 Å². The van der Waals surface area contributed by atoms with Crippen molar-refractivity contribution in [3.8, 4) is 0 Å². The highest BCUT2D eigenvalue weighted by atomic mass is 16.5. The van der Waals surface area contributed by atoms with Crippen LogP contribution in [0, 0.1) is 0 Å². The zero-order chi connectivity index (χ0) is 15.9. The van der Waals surface area contributed by atoms with Gasteiger partial charge in [0.15, 0.2) is 0 Å². The van der Waals surface area contributed by atoms with Gasteiger partial charge in [0.1, 0.15) is 6.04 Å². The van der Waals surface area contributed by atoms with Crippen molar-refractivity contribution in [1.82, 2.24) is 14.9 Å². The molecular weight excluding hydrogens is 286 g/mol. The van der Waals surface area contributed by atoms with Crippen molar-refractivity contribution >= 4 is 12.1 Å². The maximum atomic E-state index is 11.1. The van der Waals surface area contributed by atoms with Crippen LogP contribution < -0.4 is 5.32 Å². The molecule has 0 aliphatic carbocycles. The van der Waals surface area contributed by atoms with Crippen LogP contribution in [0.4, 0.5) is 4.79 Å². The summed E-state index contributed by atoms with van der Waals surface area (Å²) in [5.74, 6) is -1.14. The first-order valence-corrected chi connectivity index (χ1v) is 6.70. The van der Waals surface area contributed by atoms with Crippen molar-refractivity contribution in [3.63, 3.8) is 0 Å². The number of aliphatic carboxylic acids is 1. The summed E-state index contributed by atoms with van der Waals surface area (Å²) in [4.78, 5) is 26.5. The fraction of sp³-hybridized carbons (Fsp3) is 0.267. The van der Waals surface area contributed by atoms with Crippen LogP contribution in [0.3, 0.4) is 0 Å². The molecule has 0 bridgehead atoms. The van der Waals surface area contributed by atoms with Crippen LogP contribution in [0.5, 0.6) is 0 Å². The van der Waals surface area contributed by atoms with E-state index in [1.165, 1.54) is 7.11 Å². The van der Waals surface area contributed by atoms with Gasteiger partial charge in [-0.05, 0) is 5.56 Å². The predicted molar refractivity (Wildman–Crippen MR) is 78.4 cm³/mol. The second-order valence-electron chi connectivity index (χ2n) is 4.75. The quantitative estimate of drug-likeness (QED) is 0.838. The molecule has 22 heavy (non-hydrogen) atoms. The summed E-state index contributed by atoms with van der Waals surface area (Å²) in [5, 5.41) is 11.4. The topological polar surface area (TPSA) is 93.5 Å². The van der Waals surface area contributed by atoms with Crippen molar-refractivity contribution in [2.45, 2.75) is 19.0 Å². The molecule has 0 aliphatic heterocycles. The number of carboxylic acid groups (broad SMARTS) is 1. The number of nitrogens with one attached hydrogen (secondary N) is 1. The first kappa shape index (κ1) is 15.6. The number of carboxylic acids is 1. The minimum absolute atomic E-state index is 0.0895. The number of carbonyl (C=O) groups excluding carboxylic acids is 1. The zero-order valence-corrected chi connectivity index (χ0v) is 12.1. The molecule has 116 valence electrons. The van der Waals surface area contributed by atoms with E-state index in [0.717, 1.165) is 5.56 Å². The van der Waals surface area contributed by atoms with E-state index < -0.39 is 18.1 Å². The van der Waals surface area contributed by atoms with Crippen LogP contribution in [0.25, 0.3) is 0 Å². The average Bonchev–Trinajstić information content (AvgIpc) is 2.94. The molecule has 7 nitrogen and oxygen atoms in total. The van der Waals surface area contributed by atoms with Gasteiger partial charge in [0, 0.05) is 19.2 Å². The fourth-order valence-corrected chi connectivity index (χ4v) is 2.00. The number of imidazole rings is 1. The maximum Gasteiger partial charge on any atom is 0.407 e. The lowest BCUT2D eigenvalue weighted by Crippen LogP contribution is -2.42. The molecule has 0 unspecified atom stereocenters. The Labute approximate surface area is 127 Å². The van der Waals surface area contributed by atoms with Gasteiger partial charge in [-0.1, -0.05) is 30.3 Å². The SMILES string of the molecule is COC(=O)N[C@@H](Cc1cn(Cc2ccccc2)cn1)C(=O)O. The van der Waals surface area contributed by atoms with E-state index in [1.807, 2.05) is 34.9 Å². The van der Waals surface area contributed by atoms with Gasteiger partial charge in [0.2, 0.25) is 0 Å². The molecule has 1 heterocycles. The number of carbonyl (C=O) groups is 2. The van der Waals surface area contributed by atoms with Crippen LogP contribution in [0.2, 0.25) is 0 Å². The summed E-state index contributed by atoms with van der Waals surface area (Å²) in [6, 6.07) is 8.77. The van der Waals surface area contributed by atoms with Gasteiger partial charge in [-0.25, -0.2) is 14.6 Å². The number of amides is 1. The summed E-state index contributed by atoms with van der Waals surface area (Å²) in [6.07, 6.45) is 2.71. The highest BCUT2D eigenvalue weighted by Crippen LogP contribution is 2.06. The van der Waals surface area contributed by atoms with Crippen LogP contribution in [-0.2, 0) is 22.5 Å². The van der Waals surface area contributed by atoms with Gasteiger partial charge in [0.05, 0.1) is 19.1 Å². The lowest BCUT2D eigenvalue weighted by atomic mass is 10.1. The first-order valence-electron chi connectivity index (χ1n) is 6.70. The molecule has 1 aromatic heterocycles. The zero-order valence-electron chi connectivity index (χ0n) is 12.1. The Balaban J connectivity index is 2.00. The Kier molecular flexibility index (Phi) is 5.13. The molecule has 1 atom stereocenters. The third kappa shape index (κ3) is 4.34. The minimum atomic E-state index is -1.14. The molecule has 1 amide bonds. The van der Waals surface area contributed by atoms with Crippen LogP contribution in [-0.4, -0.2) is 39.9 Å². The summed E-state index contributed by atoms with van der Waals surface area (Å²) >= 11 is 0. The second kappa shape index (κ2) is 7.26. The highest BCUT2D eigenvalue weighted by molar-refractivity contribution is 5.80. The number of alkyl carbamates (subject to hydrolysis) is 1. The standard InChI is InChI=1S/C15H17N3O4/c1-22-15(21)17-13(14(19)20)7-12-9-18(10-16-12)8-11-5-3-2-4-6-11/h2-6,9-10,13H,7-8H2,1H3,(H,17,21)(H,19,20)/t13-/m0/s1. The number of rotatable bonds is 6. The molecular formula is C15H17N3O4. The van der Waals surface area contributed by atoms with Gasteiger partial charge in [0.25, 0.3) is 0 Å². The molecule has 1 aromatic carbocycles. The Morgan fingerprint density at radius 3 is 2.73 bits per heavy atom. The van der Waals surface area contributed by atoms with Crippen molar-refractivity contribution < 1.29 is 19.4 Å². The first-order chi connectivity index (χ1) is 10.6. The van der Waals surface area contributed by atoms with Crippen molar-refractivity contribution in [3.05, 3.63) is 54.1 Å². The van der Waals surface area contributed by atoms with E-state index in [-0.39, 0.29) is 6.42 Å². The Hall–Kier alpha value is -2.83. The third-order valence-corrected chi connectivity index (χ3v) is 3.08. The second-order valence-corrected chi connectivity index (χ2v) is 4.75. The molecule has 0 aliphatic rings. The number of hydrogen-bond acceptors (Lipinski definition) is 4. The fourth-order valence-electron chi connectivity index (χ4n) is 2.00. The summed E-state index contributed by atoms with van der Waals surface area (Å²) in [7, 11) is 1.18. The van der Waals surface area contributed by atoms with E-state index in [2.05, 4.69) is 15.0 Å². The van der Waals surface area contributed by atoms with E-state index in [9.17, 15) is 9.59 Å². The smallest absolute Gasteiger partial charge is 0.407 e. The van der Waals surface area contributed by atoms with E-state index in [1.54, 1.807) is 12.5 Å². The van der Waals surface area contributed by atoms with Gasteiger partial charge in [-0.2, -0.15) is 0 Å². The minimum Gasteiger partial charge on any atom is -0.480 e. The molecule has 0 fully saturated rings. The molecule has 7 heteroatoms. The number of nitrogens with zero attached hydrogens (tertiary/aromatic N) is 2. The monoisotopic (exact) mass is 303 g/mol. The number of ether oxygens (including phenoxy) is 1. The van der Waals surface area contributed by atoms with Crippen LogP contribution in [0.1, 0.15) is 11.3 Å². The molecule has 2 aromatic rings. The summed E-state index contributed by atoms with van der Waals surface area (Å²) in [5.41, 5.74) is 1.70. The van der Waals surface area contributed by atoms with Crippen molar-refractivity contribution in [1.29, 1.82) is 0 Å². The lowest BCUT2D eigenvalue weighted by molar-refractivity contribution is -0.139. The summed E-state index contributed by atoms with van der Waals surface area (Å²) < 4.78 is 6.28. The predicted octanol–water partition coefficient (Wildman–Crippen LogP) is 1.28. The van der Waals surface area contributed by atoms with Crippen LogP contribution in [0.15, 0.2) is 42.9 Å². The molecule has 0 radical (unpaired) electrons. The number of benzene rings is 1. The largest absolute Gasteiger partial charge is 0.480 e. The van der Waals surface area contributed by atoms with Gasteiger partial charge < -0.3 is 19.7 Å². The molecule has 2 rings (SSSR count). The van der Waals surface area contributed by atoms with E-state index in [0.29, 0.717) is 12.2 Å². The molecule has 0 spiro atoms. The Morgan fingerprint density at radius 1 is 1.36 bits per heavy atom. The Morgan fingerprint density at radius 2 is 2.09 bits per heavy atom. The number of methoxy groups -OCH3 is 1. The third-order valence-electron chi connectivity index (χ3n) is 3.08. The van der Waals surface area contributed by atoms with Gasteiger partial charge >= 0.3 is 12.1 Å². The van der Waals surface area contributed by atoms with Gasteiger partial charge in [-0.3, -0.25) is 0 Å². The lowest BCUT2D eigenvalue weighted by Gasteiger charge is -2.11. The number of aromatic nitrogens is 2. The molecule has 0 saturated carbocycles. The highest BCUT2D eigenvalue weighted by Gasteiger charge is 2.21. The average molecular weight is 303 g/mol. The maximum absolute atomic E-state index is 11.1. The van der Waals surface area contributed by atoms with Gasteiger partial charge in [-0.15, -0.1) is 0 Å². The normalized spacial score (nSPS) is 11.7. The molecule has 0 saturated heterocycles. The van der Waals surface area contributed by atoms with E-state index in [4.69, 9.17) is 5.11 Å². The van der Waals surface area contributed by atoms with Crippen LogP contribution >= 0.6 is 0 Å². The number of hydrogen-bond donors (Lipinski definition) is 2. The summed E-state index contributed by atoms with van der Waals surface area (Å²) in [6.45, 7) is 0.649. The van der Waals surface area contributed by atoms with Crippen molar-refractivity contribution in [2.24, 2.45) is 0 Å². The molecule has 2 N–H and O–H groups in total. The Bertz CT molecular complexity index is 639. The van der Waals surface area contributed by atoms with Crippen molar-refractivity contribution in [2.75, 3.05) is 7.11 Å².